The van der Waals surface area contributed by atoms with Crippen LogP contribution in [0.5, 0.6) is 0 Å². The number of benzene rings is 1. The monoisotopic (exact) mass is 307 g/mol. The van der Waals surface area contributed by atoms with Gasteiger partial charge in [0.2, 0.25) is 5.91 Å². The standard InChI is InChI=1S/C17H25NO2S/c1-3-18(4-2)17(19)16(14-10-6-5-7-11-14)21(20)15-12-8-9-13-15/h5-7,10-11,15-16H,3-4,8-9,12-13H2,1-2H3/t16-,21+/m0/s1. The summed E-state index contributed by atoms with van der Waals surface area (Å²) in [7, 11) is -1.13. The van der Waals surface area contributed by atoms with Crippen LogP contribution in [0.4, 0.5) is 0 Å². The van der Waals surface area contributed by atoms with Crippen LogP contribution in [0.15, 0.2) is 30.3 Å². The van der Waals surface area contributed by atoms with E-state index in [4.69, 9.17) is 0 Å². The van der Waals surface area contributed by atoms with Crippen molar-refractivity contribution >= 4 is 16.7 Å². The number of carbonyl (C=O) groups is 1. The smallest absolute Gasteiger partial charge is 0.242 e. The maximum Gasteiger partial charge on any atom is 0.242 e. The molecule has 0 aromatic heterocycles. The highest BCUT2D eigenvalue weighted by atomic mass is 32.2. The Balaban J connectivity index is 2.30. The highest BCUT2D eigenvalue weighted by Crippen LogP contribution is 2.32. The normalized spacial score (nSPS) is 18.4. The van der Waals surface area contributed by atoms with Crippen molar-refractivity contribution in [3.05, 3.63) is 35.9 Å². The van der Waals surface area contributed by atoms with Crippen LogP contribution in [0.3, 0.4) is 0 Å². The molecule has 0 saturated heterocycles. The van der Waals surface area contributed by atoms with E-state index >= 15 is 0 Å². The summed E-state index contributed by atoms with van der Waals surface area (Å²) in [5.74, 6) is 0.0106. The largest absolute Gasteiger partial charge is 0.342 e. The summed E-state index contributed by atoms with van der Waals surface area (Å²) in [6.45, 7) is 5.28. The van der Waals surface area contributed by atoms with Crippen molar-refractivity contribution in [1.82, 2.24) is 4.90 Å². The maximum absolute atomic E-state index is 13.0. The second-order valence-corrected chi connectivity index (χ2v) is 7.33. The zero-order valence-electron chi connectivity index (χ0n) is 13.0. The fourth-order valence-electron chi connectivity index (χ4n) is 3.02. The molecule has 0 N–H and O–H groups in total. The molecule has 0 radical (unpaired) electrons. The first-order chi connectivity index (χ1) is 10.2. The Labute approximate surface area is 130 Å². The van der Waals surface area contributed by atoms with E-state index in [1.54, 1.807) is 4.90 Å². The summed E-state index contributed by atoms with van der Waals surface area (Å²) in [6, 6.07) is 9.63. The SMILES string of the molecule is CCN(CC)C(=O)[C@H](c1ccccc1)[S@](=O)C1CCCC1. The number of hydrogen-bond donors (Lipinski definition) is 0. The van der Waals surface area contributed by atoms with Gasteiger partial charge < -0.3 is 4.90 Å². The van der Waals surface area contributed by atoms with Gasteiger partial charge >= 0.3 is 0 Å². The fourth-order valence-corrected chi connectivity index (χ4v) is 4.97. The minimum Gasteiger partial charge on any atom is -0.342 e. The lowest BCUT2D eigenvalue weighted by Crippen LogP contribution is -2.38. The van der Waals surface area contributed by atoms with Crippen LogP contribution < -0.4 is 0 Å². The molecule has 1 aromatic carbocycles. The third-order valence-corrected chi connectivity index (χ3v) is 6.33. The van der Waals surface area contributed by atoms with Crippen molar-refractivity contribution in [3.63, 3.8) is 0 Å². The van der Waals surface area contributed by atoms with Gasteiger partial charge in [0.1, 0.15) is 5.25 Å². The number of hydrogen-bond acceptors (Lipinski definition) is 2. The minimum atomic E-state index is -1.13. The summed E-state index contributed by atoms with van der Waals surface area (Å²) in [5.41, 5.74) is 0.889. The Kier molecular flexibility index (Phi) is 5.97. The maximum atomic E-state index is 13.0. The summed E-state index contributed by atoms with van der Waals surface area (Å²) in [5, 5.41) is -0.330. The first-order valence-electron chi connectivity index (χ1n) is 7.92. The lowest BCUT2D eigenvalue weighted by Gasteiger charge is -2.26. The molecule has 0 spiro atoms. The number of carbonyl (C=O) groups excluding carboxylic acids is 1. The molecule has 1 amide bonds. The lowest BCUT2D eigenvalue weighted by molar-refractivity contribution is -0.130. The van der Waals surface area contributed by atoms with Crippen LogP contribution >= 0.6 is 0 Å². The van der Waals surface area contributed by atoms with Gasteiger partial charge in [-0.3, -0.25) is 9.00 Å². The van der Waals surface area contributed by atoms with E-state index in [9.17, 15) is 9.00 Å². The third kappa shape index (κ3) is 3.73. The first kappa shape index (κ1) is 16.2. The zero-order valence-corrected chi connectivity index (χ0v) is 13.8. The van der Waals surface area contributed by atoms with Crippen molar-refractivity contribution in [2.75, 3.05) is 13.1 Å². The van der Waals surface area contributed by atoms with Crippen LogP contribution in [-0.4, -0.2) is 33.4 Å². The molecule has 3 nitrogen and oxygen atoms in total. The van der Waals surface area contributed by atoms with Crippen LogP contribution in [0.25, 0.3) is 0 Å². The van der Waals surface area contributed by atoms with E-state index in [0.717, 1.165) is 31.2 Å². The molecule has 1 saturated carbocycles. The van der Waals surface area contributed by atoms with Crippen LogP contribution in [0, 0.1) is 0 Å². The van der Waals surface area contributed by atoms with Gasteiger partial charge in [-0.25, -0.2) is 0 Å². The van der Waals surface area contributed by atoms with Crippen molar-refractivity contribution in [1.29, 1.82) is 0 Å². The summed E-state index contributed by atoms with van der Waals surface area (Å²) < 4.78 is 13.0. The van der Waals surface area contributed by atoms with Crippen molar-refractivity contribution in [3.8, 4) is 0 Å². The van der Waals surface area contributed by atoms with Crippen molar-refractivity contribution in [2.45, 2.75) is 50.0 Å². The Hall–Kier alpha value is -1.16. The molecule has 1 aromatic rings. The topological polar surface area (TPSA) is 37.4 Å². The average molecular weight is 307 g/mol. The number of likely N-dealkylation sites (N-methyl/N-ethyl adjacent to an activating group) is 1. The number of rotatable bonds is 6. The zero-order chi connectivity index (χ0) is 15.2. The number of amides is 1. The van der Waals surface area contributed by atoms with Gasteiger partial charge in [0, 0.05) is 29.1 Å². The molecule has 0 heterocycles. The Morgan fingerprint density at radius 3 is 2.29 bits per heavy atom. The van der Waals surface area contributed by atoms with Gasteiger partial charge in [0.05, 0.1) is 0 Å². The van der Waals surface area contributed by atoms with E-state index in [1.165, 1.54) is 0 Å². The van der Waals surface area contributed by atoms with Crippen LogP contribution in [0.2, 0.25) is 0 Å². The Morgan fingerprint density at radius 2 is 1.76 bits per heavy atom. The van der Waals surface area contributed by atoms with Gasteiger partial charge in [-0.2, -0.15) is 0 Å². The molecule has 2 atom stereocenters. The van der Waals surface area contributed by atoms with E-state index in [2.05, 4.69) is 0 Å². The lowest BCUT2D eigenvalue weighted by atomic mass is 10.1. The minimum absolute atomic E-state index is 0.0106. The molecule has 0 aliphatic heterocycles. The summed E-state index contributed by atoms with van der Waals surface area (Å²) >= 11 is 0. The van der Waals surface area contributed by atoms with Gasteiger partial charge in [0.25, 0.3) is 0 Å². The van der Waals surface area contributed by atoms with Crippen molar-refractivity contribution in [2.24, 2.45) is 0 Å². The van der Waals surface area contributed by atoms with Gasteiger partial charge in [0.15, 0.2) is 0 Å². The van der Waals surface area contributed by atoms with E-state index < -0.39 is 16.0 Å². The van der Waals surface area contributed by atoms with Crippen LogP contribution in [-0.2, 0) is 15.6 Å². The molecule has 0 unspecified atom stereocenters. The number of nitrogens with zero attached hydrogens (tertiary/aromatic N) is 1. The van der Waals surface area contributed by atoms with Gasteiger partial charge in [-0.05, 0) is 32.3 Å². The molecule has 2 rings (SSSR count). The molecule has 21 heavy (non-hydrogen) atoms. The predicted octanol–water partition coefficient (Wildman–Crippen LogP) is 3.29. The quantitative estimate of drug-likeness (QED) is 0.809. The molecule has 0 bridgehead atoms. The molecule has 1 fully saturated rings. The average Bonchev–Trinajstić information content (AvgIpc) is 3.04. The highest BCUT2D eigenvalue weighted by molar-refractivity contribution is 7.86. The fraction of sp³-hybridized carbons (Fsp3) is 0.588. The highest BCUT2D eigenvalue weighted by Gasteiger charge is 2.35. The predicted molar refractivity (Wildman–Crippen MR) is 87.5 cm³/mol. The molecular formula is C17H25NO2S. The van der Waals surface area contributed by atoms with Gasteiger partial charge in [-0.1, -0.05) is 43.2 Å². The molecule has 1 aliphatic rings. The van der Waals surface area contributed by atoms with Crippen LogP contribution in [0.1, 0.15) is 50.3 Å². The summed E-state index contributed by atoms with van der Waals surface area (Å²) in [6.07, 6.45) is 4.25. The van der Waals surface area contributed by atoms with E-state index in [1.807, 2.05) is 44.2 Å². The molecule has 1 aliphatic carbocycles. The Bertz CT molecular complexity index is 465. The molecular weight excluding hydrogens is 282 g/mol. The second kappa shape index (κ2) is 7.74. The van der Waals surface area contributed by atoms with Gasteiger partial charge in [-0.15, -0.1) is 0 Å². The third-order valence-electron chi connectivity index (χ3n) is 4.26. The van der Waals surface area contributed by atoms with E-state index in [-0.39, 0.29) is 11.2 Å². The molecule has 116 valence electrons. The molecule has 4 heteroatoms. The van der Waals surface area contributed by atoms with E-state index in [0.29, 0.717) is 13.1 Å². The van der Waals surface area contributed by atoms with Crippen molar-refractivity contribution < 1.29 is 9.00 Å². The second-order valence-electron chi connectivity index (χ2n) is 5.54. The Morgan fingerprint density at radius 1 is 1.19 bits per heavy atom. The first-order valence-corrected chi connectivity index (χ1v) is 9.19. The summed E-state index contributed by atoms with van der Waals surface area (Å²) in [4.78, 5) is 14.6.